The predicted molar refractivity (Wildman–Crippen MR) is 45.0 cm³/mol. The molecule has 0 rings (SSSR count). The van der Waals surface area contributed by atoms with Crippen LogP contribution in [-0.2, 0) is 23.1 Å². The maximum atomic E-state index is 12.4. The van der Waals surface area contributed by atoms with Crippen molar-refractivity contribution in [2.24, 2.45) is 0 Å². The Morgan fingerprint density at radius 2 is 1.62 bits per heavy atom. The van der Waals surface area contributed by atoms with E-state index in [1.807, 2.05) is 0 Å². The van der Waals surface area contributed by atoms with Crippen molar-refractivity contribution in [3.63, 3.8) is 0 Å². The fourth-order valence-electron chi connectivity index (χ4n) is 0.716. The standard InChI is InChI=1S/C6H10F3O6P/c1-12-5(10)15-4(6(7,8)9)16(11,13-2)14-3/h4H,1-3H3. The molecule has 1 atom stereocenters. The van der Waals surface area contributed by atoms with Gasteiger partial charge in [-0.2, -0.15) is 13.2 Å². The second-order valence-electron chi connectivity index (χ2n) is 2.37. The number of hydrogen-bond donors (Lipinski definition) is 0. The molecule has 10 heteroatoms. The Balaban J connectivity index is 5.10. The maximum Gasteiger partial charge on any atom is 0.509 e. The number of halogens is 3. The monoisotopic (exact) mass is 266 g/mol. The van der Waals surface area contributed by atoms with Crippen LogP contribution in [0.25, 0.3) is 0 Å². The lowest BCUT2D eigenvalue weighted by molar-refractivity contribution is -0.187. The molecule has 0 spiro atoms. The summed E-state index contributed by atoms with van der Waals surface area (Å²) in [6.07, 6.45) is -6.74. The number of carbonyl (C=O) groups excluding carboxylic acids is 1. The van der Waals surface area contributed by atoms with E-state index in [4.69, 9.17) is 0 Å². The largest absolute Gasteiger partial charge is 0.509 e. The average Bonchev–Trinajstić information content (AvgIpc) is 2.22. The summed E-state index contributed by atoms with van der Waals surface area (Å²) in [6, 6.07) is 0. The van der Waals surface area contributed by atoms with Gasteiger partial charge in [0.05, 0.1) is 7.11 Å². The highest BCUT2D eigenvalue weighted by Gasteiger charge is 2.56. The summed E-state index contributed by atoms with van der Waals surface area (Å²) in [6.45, 7) is 0. The molecule has 0 fully saturated rings. The quantitative estimate of drug-likeness (QED) is 0.573. The minimum atomic E-state index is -5.10. The van der Waals surface area contributed by atoms with Crippen molar-refractivity contribution < 1.29 is 41.1 Å². The van der Waals surface area contributed by atoms with E-state index >= 15 is 0 Å². The lowest BCUT2D eigenvalue weighted by Crippen LogP contribution is -2.34. The van der Waals surface area contributed by atoms with Crippen LogP contribution < -0.4 is 0 Å². The van der Waals surface area contributed by atoms with E-state index in [0.717, 1.165) is 21.3 Å². The van der Waals surface area contributed by atoms with Crippen molar-refractivity contribution in [2.45, 2.75) is 12.0 Å². The molecule has 0 aromatic rings. The molecule has 1 unspecified atom stereocenters. The second kappa shape index (κ2) is 5.51. The number of rotatable bonds is 4. The lowest BCUT2D eigenvalue weighted by atomic mass is 10.7. The average molecular weight is 266 g/mol. The van der Waals surface area contributed by atoms with E-state index in [1.54, 1.807) is 0 Å². The number of alkyl halides is 3. The third-order valence-electron chi connectivity index (χ3n) is 1.45. The molecule has 16 heavy (non-hydrogen) atoms. The van der Waals surface area contributed by atoms with Crippen molar-refractivity contribution >= 4 is 13.8 Å². The molecule has 0 bridgehead atoms. The number of methoxy groups -OCH3 is 1. The number of carbonyl (C=O) groups is 1. The molecule has 0 aromatic carbocycles. The Morgan fingerprint density at radius 3 is 1.88 bits per heavy atom. The molecule has 0 amide bonds. The zero-order chi connectivity index (χ0) is 13.0. The predicted octanol–water partition coefficient (Wildman–Crippen LogP) is 2.14. The highest BCUT2D eigenvalue weighted by atomic mass is 31.2. The first kappa shape index (κ1) is 15.2. The van der Waals surface area contributed by atoms with Crippen LogP contribution in [0.4, 0.5) is 18.0 Å². The molecule has 0 N–H and O–H groups in total. The van der Waals surface area contributed by atoms with Crippen LogP contribution in [0.2, 0.25) is 0 Å². The van der Waals surface area contributed by atoms with Gasteiger partial charge in [-0.3, -0.25) is 4.57 Å². The van der Waals surface area contributed by atoms with E-state index in [1.165, 1.54) is 0 Å². The molecular formula is C6H10F3O6P. The minimum absolute atomic E-state index is 0.740. The van der Waals surface area contributed by atoms with Gasteiger partial charge >= 0.3 is 19.9 Å². The summed E-state index contributed by atoms with van der Waals surface area (Å²) in [4.78, 5) is 10.6. The van der Waals surface area contributed by atoms with E-state index in [0.29, 0.717) is 0 Å². The van der Waals surface area contributed by atoms with Crippen molar-refractivity contribution in [3.05, 3.63) is 0 Å². The lowest BCUT2D eigenvalue weighted by Gasteiger charge is -2.25. The smallest absolute Gasteiger partial charge is 0.438 e. The SMILES string of the molecule is COC(=O)OC(C(F)(F)F)P(=O)(OC)OC. The Morgan fingerprint density at radius 1 is 1.19 bits per heavy atom. The fourth-order valence-corrected chi connectivity index (χ4v) is 1.82. The van der Waals surface area contributed by atoms with Crippen molar-refractivity contribution in [1.29, 1.82) is 0 Å². The molecule has 0 heterocycles. The Kier molecular flexibility index (Phi) is 5.24. The second-order valence-corrected chi connectivity index (χ2v) is 4.65. The fraction of sp³-hybridized carbons (Fsp3) is 0.833. The van der Waals surface area contributed by atoms with Gasteiger partial charge in [-0.05, 0) is 0 Å². The van der Waals surface area contributed by atoms with Gasteiger partial charge in [-0.15, -0.1) is 0 Å². The molecule has 0 saturated heterocycles. The van der Waals surface area contributed by atoms with Crippen LogP contribution in [0.1, 0.15) is 0 Å². The van der Waals surface area contributed by atoms with E-state index in [9.17, 15) is 22.5 Å². The normalized spacial score (nSPS) is 14.4. The Hall–Kier alpha value is -0.790. The van der Waals surface area contributed by atoms with Crippen LogP contribution in [0.5, 0.6) is 0 Å². The first-order valence-electron chi connectivity index (χ1n) is 3.73. The van der Waals surface area contributed by atoms with Crippen LogP contribution >= 0.6 is 7.60 Å². The van der Waals surface area contributed by atoms with Crippen LogP contribution in [0.3, 0.4) is 0 Å². The maximum absolute atomic E-state index is 12.4. The van der Waals surface area contributed by atoms with Crippen molar-refractivity contribution in [1.82, 2.24) is 0 Å². The highest BCUT2D eigenvalue weighted by molar-refractivity contribution is 7.54. The summed E-state index contributed by atoms with van der Waals surface area (Å²) in [5.41, 5.74) is 0. The van der Waals surface area contributed by atoms with Crippen LogP contribution in [-0.4, -0.2) is 39.5 Å². The van der Waals surface area contributed by atoms with Gasteiger partial charge in [-0.1, -0.05) is 0 Å². The van der Waals surface area contributed by atoms with Gasteiger partial charge in [0.1, 0.15) is 0 Å². The third-order valence-corrected chi connectivity index (χ3v) is 3.44. The summed E-state index contributed by atoms with van der Waals surface area (Å²) in [5, 5.41) is 0. The van der Waals surface area contributed by atoms with Gasteiger partial charge in [0.15, 0.2) is 0 Å². The summed E-state index contributed by atoms with van der Waals surface area (Å²) in [7, 11) is -2.34. The first-order valence-corrected chi connectivity index (χ1v) is 5.35. The molecule has 0 radical (unpaired) electrons. The minimum Gasteiger partial charge on any atom is -0.438 e. The van der Waals surface area contributed by atoms with E-state index in [-0.39, 0.29) is 0 Å². The molecule has 0 aliphatic heterocycles. The summed E-state index contributed by atoms with van der Waals surface area (Å²) >= 11 is 0. The molecule has 96 valence electrons. The van der Waals surface area contributed by atoms with Gasteiger partial charge in [0.2, 0.25) is 0 Å². The number of ether oxygens (including phenoxy) is 2. The molecule has 6 nitrogen and oxygen atoms in total. The molecule has 0 aliphatic carbocycles. The van der Waals surface area contributed by atoms with Crippen LogP contribution in [0, 0.1) is 0 Å². The summed E-state index contributed by atoms with van der Waals surface area (Å²) in [5.74, 6) is -3.03. The van der Waals surface area contributed by atoms with Gasteiger partial charge in [0, 0.05) is 14.2 Å². The molecule has 0 saturated carbocycles. The highest BCUT2D eigenvalue weighted by Crippen LogP contribution is 2.57. The number of hydrogen-bond acceptors (Lipinski definition) is 6. The Labute approximate surface area is 89.1 Å². The first-order chi connectivity index (χ1) is 7.21. The zero-order valence-electron chi connectivity index (χ0n) is 8.61. The third kappa shape index (κ3) is 3.66. The molecule has 0 aliphatic rings. The van der Waals surface area contributed by atoms with Crippen molar-refractivity contribution in [3.8, 4) is 0 Å². The van der Waals surface area contributed by atoms with Gasteiger partial charge in [0.25, 0.3) is 5.85 Å². The summed E-state index contributed by atoms with van der Waals surface area (Å²) < 4.78 is 64.6. The van der Waals surface area contributed by atoms with E-state index < -0.39 is 25.8 Å². The van der Waals surface area contributed by atoms with Crippen LogP contribution in [0.15, 0.2) is 0 Å². The van der Waals surface area contributed by atoms with Gasteiger partial charge in [-0.25, -0.2) is 4.79 Å². The topological polar surface area (TPSA) is 71.1 Å². The zero-order valence-corrected chi connectivity index (χ0v) is 9.50. The van der Waals surface area contributed by atoms with Gasteiger partial charge < -0.3 is 18.5 Å². The molecular weight excluding hydrogens is 256 g/mol. The van der Waals surface area contributed by atoms with Crippen molar-refractivity contribution in [2.75, 3.05) is 21.3 Å². The Bertz CT molecular complexity index is 282. The van der Waals surface area contributed by atoms with E-state index in [2.05, 4.69) is 18.5 Å². The molecule has 0 aromatic heterocycles.